The van der Waals surface area contributed by atoms with Crippen molar-refractivity contribution in [2.75, 3.05) is 0 Å². The summed E-state index contributed by atoms with van der Waals surface area (Å²) in [5, 5.41) is 0.573. The summed E-state index contributed by atoms with van der Waals surface area (Å²) in [5.74, 6) is 0.757. The Kier molecular flexibility index (Phi) is 3.06. The van der Waals surface area contributed by atoms with Gasteiger partial charge < -0.3 is 9.36 Å². The molecular formula is C12H11ClN2O. The van der Waals surface area contributed by atoms with Gasteiger partial charge in [0.25, 0.3) is 0 Å². The summed E-state index contributed by atoms with van der Waals surface area (Å²) in [6, 6.07) is 3.76. The topological polar surface area (TPSA) is 34.9 Å². The molecule has 0 aromatic carbocycles. The van der Waals surface area contributed by atoms with E-state index in [0.29, 0.717) is 11.4 Å². The Morgan fingerprint density at radius 2 is 2.38 bits per heavy atom. The van der Waals surface area contributed by atoms with Crippen LogP contribution in [0.15, 0.2) is 30.7 Å². The molecule has 0 saturated heterocycles. The second-order valence-corrected chi connectivity index (χ2v) is 4.01. The monoisotopic (exact) mass is 234 g/mol. The zero-order chi connectivity index (χ0) is 11.5. The lowest BCUT2D eigenvalue weighted by Crippen LogP contribution is -1.97. The fourth-order valence-electron chi connectivity index (χ4n) is 1.48. The highest BCUT2D eigenvalue weighted by Gasteiger charge is 2.04. The maximum absolute atomic E-state index is 10.4. The fraction of sp³-hybridized carbons (Fsp3) is 0.167. The molecule has 0 radical (unpaired) electrons. The highest BCUT2D eigenvalue weighted by Crippen LogP contribution is 2.18. The van der Waals surface area contributed by atoms with Crippen molar-refractivity contribution < 1.29 is 4.79 Å². The van der Waals surface area contributed by atoms with Crippen molar-refractivity contribution in [2.24, 2.45) is 0 Å². The minimum atomic E-state index is 0.302. The first-order chi connectivity index (χ1) is 7.70. The maximum atomic E-state index is 10.4. The predicted molar refractivity (Wildman–Crippen MR) is 63.1 cm³/mol. The number of pyridine rings is 1. The normalized spacial score (nSPS) is 10.4. The van der Waals surface area contributed by atoms with Crippen LogP contribution in [-0.2, 0) is 11.2 Å². The molecule has 2 aromatic rings. The lowest BCUT2D eigenvalue weighted by atomic mass is 10.2. The quantitative estimate of drug-likeness (QED) is 0.765. The van der Waals surface area contributed by atoms with E-state index in [1.807, 2.05) is 30.0 Å². The number of carbonyl (C=O) groups is 1. The number of nitrogens with zero attached hydrogens (tertiary/aromatic N) is 2. The van der Waals surface area contributed by atoms with E-state index in [4.69, 9.17) is 11.6 Å². The molecular weight excluding hydrogens is 224 g/mol. The summed E-state index contributed by atoms with van der Waals surface area (Å²) in [4.78, 5) is 14.7. The van der Waals surface area contributed by atoms with Gasteiger partial charge in [-0.25, -0.2) is 4.98 Å². The number of aldehydes is 1. The van der Waals surface area contributed by atoms with Crippen LogP contribution in [0, 0.1) is 6.92 Å². The van der Waals surface area contributed by atoms with Crippen molar-refractivity contribution in [3.05, 3.63) is 46.9 Å². The van der Waals surface area contributed by atoms with Gasteiger partial charge in [-0.1, -0.05) is 11.6 Å². The minimum Gasteiger partial charge on any atom is -0.308 e. The molecule has 2 aromatic heterocycles. The molecule has 16 heavy (non-hydrogen) atoms. The van der Waals surface area contributed by atoms with Crippen molar-refractivity contribution >= 4 is 17.9 Å². The molecule has 0 fully saturated rings. The zero-order valence-corrected chi connectivity index (χ0v) is 9.61. The highest BCUT2D eigenvalue weighted by molar-refractivity contribution is 6.31. The summed E-state index contributed by atoms with van der Waals surface area (Å²) >= 11 is 6.05. The Bertz CT molecular complexity index is 519. The summed E-state index contributed by atoms with van der Waals surface area (Å²) in [6.07, 6.45) is 6.66. The van der Waals surface area contributed by atoms with Crippen LogP contribution in [-0.4, -0.2) is 15.8 Å². The van der Waals surface area contributed by atoms with Gasteiger partial charge in [0.05, 0.1) is 0 Å². The number of rotatable bonds is 3. The number of aryl methyl sites for hydroxylation is 1. The molecule has 2 rings (SSSR count). The predicted octanol–water partition coefficient (Wildman–Crippen LogP) is 2.58. The van der Waals surface area contributed by atoms with Crippen molar-refractivity contribution in [3.63, 3.8) is 0 Å². The second kappa shape index (κ2) is 4.49. The van der Waals surface area contributed by atoms with E-state index in [9.17, 15) is 4.79 Å². The maximum Gasteiger partial charge on any atom is 0.138 e. The molecule has 0 bridgehead atoms. The summed E-state index contributed by atoms with van der Waals surface area (Å²) in [5.41, 5.74) is 1.92. The third-order valence-electron chi connectivity index (χ3n) is 2.32. The highest BCUT2D eigenvalue weighted by atomic mass is 35.5. The van der Waals surface area contributed by atoms with Gasteiger partial charge in [-0.15, -0.1) is 0 Å². The first-order valence-corrected chi connectivity index (χ1v) is 5.31. The van der Waals surface area contributed by atoms with Crippen LogP contribution in [0.5, 0.6) is 0 Å². The van der Waals surface area contributed by atoms with Gasteiger partial charge >= 0.3 is 0 Å². The lowest BCUT2D eigenvalue weighted by Gasteiger charge is -2.04. The Labute approximate surface area is 98.7 Å². The molecule has 3 nitrogen and oxygen atoms in total. The molecule has 82 valence electrons. The van der Waals surface area contributed by atoms with Crippen LogP contribution in [0.25, 0.3) is 5.82 Å². The molecule has 0 aliphatic heterocycles. The number of hydrogen-bond acceptors (Lipinski definition) is 2. The van der Waals surface area contributed by atoms with Gasteiger partial charge in [-0.2, -0.15) is 0 Å². The van der Waals surface area contributed by atoms with Crippen molar-refractivity contribution in [3.8, 4) is 5.82 Å². The van der Waals surface area contributed by atoms with Crippen molar-refractivity contribution in [1.82, 2.24) is 9.55 Å². The minimum absolute atomic E-state index is 0.302. The average molecular weight is 235 g/mol. The van der Waals surface area contributed by atoms with E-state index in [1.165, 1.54) is 0 Å². The molecule has 0 aliphatic rings. The van der Waals surface area contributed by atoms with E-state index < -0.39 is 0 Å². The Morgan fingerprint density at radius 3 is 2.94 bits per heavy atom. The Balaban J connectivity index is 2.37. The Hall–Kier alpha value is -1.61. The molecule has 0 aliphatic carbocycles. The summed E-state index contributed by atoms with van der Waals surface area (Å²) < 4.78 is 1.89. The molecule has 0 N–H and O–H groups in total. The molecule has 0 atom stereocenters. The summed E-state index contributed by atoms with van der Waals surface area (Å²) in [6.45, 7) is 2.01. The third kappa shape index (κ3) is 2.14. The van der Waals surface area contributed by atoms with Gasteiger partial charge in [0.1, 0.15) is 12.1 Å². The van der Waals surface area contributed by atoms with Crippen molar-refractivity contribution in [2.45, 2.75) is 13.3 Å². The number of aromatic nitrogens is 2. The average Bonchev–Trinajstić information content (AvgIpc) is 2.68. The van der Waals surface area contributed by atoms with Crippen LogP contribution in [0.2, 0.25) is 5.02 Å². The van der Waals surface area contributed by atoms with Crippen molar-refractivity contribution in [1.29, 1.82) is 0 Å². The second-order valence-electron chi connectivity index (χ2n) is 3.60. The van der Waals surface area contributed by atoms with E-state index >= 15 is 0 Å². The smallest absolute Gasteiger partial charge is 0.138 e. The molecule has 0 spiro atoms. The van der Waals surface area contributed by atoms with Crippen LogP contribution in [0.3, 0.4) is 0 Å². The van der Waals surface area contributed by atoms with Gasteiger partial charge in [-0.05, 0) is 24.1 Å². The molecule has 0 unspecified atom stereocenters. The standard InChI is InChI=1S/C12H11ClN2O/c1-9-2-4-15(8-9)12-6-11(13)10(3-5-16)7-14-12/h2,4-8H,3H2,1H3. The van der Waals surface area contributed by atoms with Crippen LogP contribution in [0.1, 0.15) is 11.1 Å². The molecule has 4 heteroatoms. The van der Waals surface area contributed by atoms with E-state index in [2.05, 4.69) is 4.98 Å². The largest absolute Gasteiger partial charge is 0.308 e. The SMILES string of the molecule is Cc1ccn(-c2cc(Cl)c(CC=O)cn2)c1. The van der Waals surface area contributed by atoms with Gasteiger partial charge in [-0.3, -0.25) is 0 Å². The molecule has 0 saturated carbocycles. The van der Waals surface area contributed by atoms with Gasteiger partial charge in [0.15, 0.2) is 0 Å². The molecule has 2 heterocycles. The number of carbonyl (C=O) groups excluding carboxylic acids is 1. The van der Waals surface area contributed by atoms with Crippen LogP contribution in [0.4, 0.5) is 0 Å². The lowest BCUT2D eigenvalue weighted by molar-refractivity contribution is -0.107. The summed E-state index contributed by atoms with van der Waals surface area (Å²) in [7, 11) is 0. The van der Waals surface area contributed by atoms with Gasteiger partial charge in [0, 0.05) is 36.1 Å². The van der Waals surface area contributed by atoms with E-state index in [0.717, 1.165) is 23.2 Å². The van der Waals surface area contributed by atoms with Crippen LogP contribution >= 0.6 is 11.6 Å². The first-order valence-electron chi connectivity index (χ1n) is 4.94. The van der Waals surface area contributed by atoms with Gasteiger partial charge in [0.2, 0.25) is 0 Å². The van der Waals surface area contributed by atoms with E-state index in [-0.39, 0.29) is 0 Å². The third-order valence-corrected chi connectivity index (χ3v) is 2.68. The van der Waals surface area contributed by atoms with E-state index in [1.54, 1.807) is 12.3 Å². The first kappa shape index (κ1) is 10.9. The number of halogens is 1. The number of hydrogen-bond donors (Lipinski definition) is 0. The van der Waals surface area contributed by atoms with Crippen LogP contribution < -0.4 is 0 Å². The zero-order valence-electron chi connectivity index (χ0n) is 8.85. The Morgan fingerprint density at radius 1 is 1.56 bits per heavy atom. The fourth-order valence-corrected chi connectivity index (χ4v) is 1.70. The molecule has 0 amide bonds.